The second kappa shape index (κ2) is 4.97. The third-order valence-corrected chi connectivity index (χ3v) is 3.91. The van der Waals surface area contributed by atoms with Crippen LogP contribution >= 0.6 is 22.9 Å². The Morgan fingerprint density at radius 1 is 1.38 bits per heavy atom. The van der Waals surface area contributed by atoms with E-state index in [9.17, 15) is 9.59 Å². The maximum absolute atomic E-state index is 11.8. The third-order valence-electron chi connectivity index (χ3n) is 2.68. The number of thiophene rings is 1. The van der Waals surface area contributed by atoms with Crippen LogP contribution < -0.4 is 5.32 Å². The number of hydrogen-bond donors (Lipinski definition) is 1. The van der Waals surface area contributed by atoms with Crippen molar-refractivity contribution in [3.05, 3.63) is 21.3 Å². The van der Waals surface area contributed by atoms with Gasteiger partial charge in [0.2, 0.25) is 0 Å². The zero-order chi connectivity index (χ0) is 11.5. The molecule has 1 N–H and O–H groups in total. The fraction of sp³-hybridized carbons (Fsp3) is 0.455. The topological polar surface area (TPSA) is 46.2 Å². The maximum Gasteiger partial charge on any atom is 0.261 e. The van der Waals surface area contributed by atoms with Gasteiger partial charge in [0.1, 0.15) is 5.78 Å². The fourth-order valence-corrected chi connectivity index (χ4v) is 2.72. The molecule has 1 heterocycles. The van der Waals surface area contributed by atoms with Gasteiger partial charge in [-0.1, -0.05) is 11.6 Å². The Morgan fingerprint density at radius 2 is 2.06 bits per heavy atom. The lowest BCUT2D eigenvalue weighted by Crippen LogP contribution is -2.37. The van der Waals surface area contributed by atoms with Crippen LogP contribution in [0.2, 0.25) is 4.34 Å². The van der Waals surface area contributed by atoms with Crippen LogP contribution in [0.25, 0.3) is 0 Å². The maximum atomic E-state index is 11.8. The van der Waals surface area contributed by atoms with Gasteiger partial charge in [0.15, 0.2) is 0 Å². The first-order chi connectivity index (χ1) is 7.65. The zero-order valence-electron chi connectivity index (χ0n) is 8.66. The number of rotatable bonds is 2. The highest BCUT2D eigenvalue weighted by Crippen LogP contribution is 2.22. The number of nitrogens with one attached hydrogen (secondary N) is 1. The summed E-state index contributed by atoms with van der Waals surface area (Å²) in [7, 11) is 0. The summed E-state index contributed by atoms with van der Waals surface area (Å²) in [5, 5.41) is 2.93. The molecule has 16 heavy (non-hydrogen) atoms. The summed E-state index contributed by atoms with van der Waals surface area (Å²) >= 11 is 7.03. The molecular weight excluding hydrogens is 246 g/mol. The number of hydrogen-bond acceptors (Lipinski definition) is 3. The Balaban J connectivity index is 1.90. The van der Waals surface area contributed by atoms with Crippen molar-refractivity contribution in [2.45, 2.75) is 31.7 Å². The summed E-state index contributed by atoms with van der Waals surface area (Å²) in [5.41, 5.74) is 0. The third kappa shape index (κ3) is 2.83. The molecule has 0 aliphatic heterocycles. The molecule has 0 bridgehead atoms. The van der Waals surface area contributed by atoms with Crippen molar-refractivity contribution < 1.29 is 9.59 Å². The lowest BCUT2D eigenvalue weighted by atomic mass is 9.94. The minimum Gasteiger partial charge on any atom is -0.349 e. The first-order valence-electron chi connectivity index (χ1n) is 5.23. The molecule has 2 rings (SSSR count). The first-order valence-corrected chi connectivity index (χ1v) is 6.42. The Morgan fingerprint density at radius 3 is 2.62 bits per heavy atom. The van der Waals surface area contributed by atoms with E-state index in [0.717, 1.165) is 12.8 Å². The van der Waals surface area contributed by atoms with Crippen LogP contribution in [0.3, 0.4) is 0 Å². The Kier molecular flexibility index (Phi) is 3.61. The molecule has 0 spiro atoms. The van der Waals surface area contributed by atoms with E-state index >= 15 is 0 Å². The van der Waals surface area contributed by atoms with E-state index in [1.807, 2.05) is 0 Å². The molecule has 1 aromatic heterocycles. The Bertz CT molecular complexity index is 406. The van der Waals surface area contributed by atoms with Crippen molar-refractivity contribution in [1.82, 2.24) is 5.32 Å². The van der Waals surface area contributed by atoms with Gasteiger partial charge in [-0.2, -0.15) is 0 Å². The number of Topliss-reactive ketones (excluding diaryl/α,β-unsaturated/α-hetero) is 1. The van der Waals surface area contributed by atoms with E-state index in [1.165, 1.54) is 11.3 Å². The first kappa shape index (κ1) is 11.6. The fourth-order valence-electron chi connectivity index (χ4n) is 1.78. The lowest BCUT2D eigenvalue weighted by Gasteiger charge is -2.21. The van der Waals surface area contributed by atoms with Crippen molar-refractivity contribution in [2.75, 3.05) is 0 Å². The van der Waals surface area contributed by atoms with Crippen LogP contribution in [0.4, 0.5) is 0 Å². The monoisotopic (exact) mass is 257 g/mol. The summed E-state index contributed by atoms with van der Waals surface area (Å²) in [6.07, 6.45) is 2.67. The molecule has 0 aromatic carbocycles. The molecule has 0 atom stereocenters. The SMILES string of the molecule is O=C1CCC(NC(=O)c2ccc(Cl)s2)CC1. The standard InChI is InChI=1S/C11H12ClNO2S/c12-10-6-5-9(16-10)11(15)13-7-1-3-8(14)4-2-7/h5-7H,1-4H2,(H,13,15). The van der Waals surface area contributed by atoms with Gasteiger partial charge in [-0.25, -0.2) is 0 Å². The van der Waals surface area contributed by atoms with E-state index in [1.54, 1.807) is 12.1 Å². The molecule has 3 nitrogen and oxygen atoms in total. The summed E-state index contributed by atoms with van der Waals surface area (Å²) in [6.45, 7) is 0. The van der Waals surface area contributed by atoms with Crippen molar-refractivity contribution in [3.63, 3.8) is 0 Å². The highest BCUT2D eigenvalue weighted by molar-refractivity contribution is 7.17. The van der Waals surface area contributed by atoms with Crippen LogP contribution in [0, 0.1) is 0 Å². The largest absolute Gasteiger partial charge is 0.349 e. The molecular formula is C11H12ClNO2S. The van der Waals surface area contributed by atoms with Crippen molar-refractivity contribution >= 4 is 34.6 Å². The molecule has 1 amide bonds. The van der Waals surface area contributed by atoms with Crippen LogP contribution in [-0.2, 0) is 4.79 Å². The van der Waals surface area contributed by atoms with Gasteiger partial charge in [0, 0.05) is 18.9 Å². The summed E-state index contributed by atoms with van der Waals surface area (Å²) < 4.78 is 0.615. The second-order valence-corrected chi connectivity index (χ2v) is 5.61. The molecule has 0 saturated heterocycles. The van der Waals surface area contributed by atoms with Crippen molar-refractivity contribution in [3.8, 4) is 0 Å². The van der Waals surface area contributed by atoms with Crippen LogP contribution in [0.15, 0.2) is 12.1 Å². The molecule has 0 unspecified atom stereocenters. The summed E-state index contributed by atoms with van der Waals surface area (Å²) in [4.78, 5) is 23.4. The molecule has 5 heteroatoms. The van der Waals surface area contributed by atoms with Gasteiger partial charge < -0.3 is 5.32 Å². The second-order valence-electron chi connectivity index (χ2n) is 3.89. The Labute approximate surface area is 103 Å². The lowest BCUT2D eigenvalue weighted by molar-refractivity contribution is -0.120. The quantitative estimate of drug-likeness (QED) is 0.885. The van der Waals surface area contributed by atoms with Crippen molar-refractivity contribution in [2.24, 2.45) is 0 Å². The molecule has 86 valence electrons. The molecule has 1 aliphatic rings. The molecule has 1 aliphatic carbocycles. The van der Waals surface area contributed by atoms with Gasteiger partial charge >= 0.3 is 0 Å². The van der Waals surface area contributed by atoms with E-state index in [4.69, 9.17) is 11.6 Å². The number of halogens is 1. The number of carbonyl (C=O) groups excluding carboxylic acids is 2. The zero-order valence-corrected chi connectivity index (χ0v) is 10.2. The molecule has 0 radical (unpaired) electrons. The highest BCUT2D eigenvalue weighted by atomic mass is 35.5. The number of carbonyl (C=O) groups is 2. The Hall–Kier alpha value is -0.870. The van der Waals surface area contributed by atoms with Gasteiger partial charge in [-0.15, -0.1) is 11.3 Å². The number of amides is 1. The molecule has 1 aromatic rings. The van der Waals surface area contributed by atoms with E-state index in [-0.39, 0.29) is 11.9 Å². The minimum absolute atomic E-state index is 0.0868. The van der Waals surface area contributed by atoms with Gasteiger partial charge in [0.05, 0.1) is 9.21 Å². The smallest absolute Gasteiger partial charge is 0.261 e. The van der Waals surface area contributed by atoms with E-state index in [2.05, 4.69) is 5.32 Å². The average molecular weight is 258 g/mol. The van der Waals surface area contributed by atoms with Gasteiger partial charge in [-0.3, -0.25) is 9.59 Å². The predicted octanol–water partition coefficient (Wildman–Crippen LogP) is 2.64. The van der Waals surface area contributed by atoms with Crippen LogP contribution in [0.5, 0.6) is 0 Å². The predicted molar refractivity (Wildman–Crippen MR) is 64.1 cm³/mol. The average Bonchev–Trinajstić information content (AvgIpc) is 2.68. The van der Waals surface area contributed by atoms with Gasteiger partial charge in [0.25, 0.3) is 5.91 Å². The van der Waals surface area contributed by atoms with Crippen molar-refractivity contribution in [1.29, 1.82) is 0 Å². The molecule has 1 saturated carbocycles. The highest BCUT2D eigenvalue weighted by Gasteiger charge is 2.21. The number of ketones is 1. The van der Waals surface area contributed by atoms with Gasteiger partial charge in [-0.05, 0) is 25.0 Å². The summed E-state index contributed by atoms with van der Waals surface area (Å²) in [5.74, 6) is 0.209. The van der Waals surface area contributed by atoms with Crippen LogP contribution in [-0.4, -0.2) is 17.7 Å². The molecule has 1 fully saturated rings. The summed E-state index contributed by atoms with van der Waals surface area (Å²) in [6, 6.07) is 3.56. The van der Waals surface area contributed by atoms with E-state index in [0.29, 0.717) is 27.8 Å². The van der Waals surface area contributed by atoms with E-state index < -0.39 is 0 Å². The van der Waals surface area contributed by atoms with Crippen LogP contribution in [0.1, 0.15) is 35.4 Å². The normalized spacial score (nSPS) is 17.4. The minimum atomic E-state index is -0.0868.